The number of nitrogens with one attached hydrogen (secondary N) is 1. The topological polar surface area (TPSA) is 66.5 Å². The van der Waals surface area contributed by atoms with Crippen molar-refractivity contribution in [3.05, 3.63) is 83.6 Å². The summed E-state index contributed by atoms with van der Waals surface area (Å²) in [5.74, 6) is -0.350. The fraction of sp³-hybridized carbons (Fsp3) is 0.0952. The second-order valence-corrected chi connectivity index (χ2v) is 6.26. The number of nitriles is 1. The highest BCUT2D eigenvalue weighted by Crippen LogP contribution is 2.29. The van der Waals surface area contributed by atoms with Crippen molar-refractivity contribution in [2.24, 2.45) is 0 Å². The largest absolute Gasteiger partial charge is 0.379 e. The monoisotopic (exact) mass is 357 g/mol. The van der Waals surface area contributed by atoms with Gasteiger partial charge in [0.15, 0.2) is 0 Å². The third-order valence-electron chi connectivity index (χ3n) is 4.37. The van der Waals surface area contributed by atoms with E-state index in [4.69, 9.17) is 0 Å². The molecular weight excluding hydrogens is 341 g/mol. The number of anilines is 1. The summed E-state index contributed by atoms with van der Waals surface area (Å²) >= 11 is 0. The van der Waals surface area contributed by atoms with Gasteiger partial charge in [0.2, 0.25) is 0 Å². The molecule has 0 saturated heterocycles. The van der Waals surface area contributed by atoms with Gasteiger partial charge in [0.05, 0.1) is 28.7 Å². The van der Waals surface area contributed by atoms with Crippen molar-refractivity contribution in [1.29, 1.82) is 5.26 Å². The van der Waals surface area contributed by atoms with Gasteiger partial charge in [-0.1, -0.05) is 18.2 Å². The third-order valence-corrected chi connectivity index (χ3v) is 4.37. The van der Waals surface area contributed by atoms with Crippen LogP contribution < -0.4 is 5.32 Å². The lowest BCUT2D eigenvalue weighted by molar-refractivity contribution is 0.628. The van der Waals surface area contributed by atoms with E-state index in [9.17, 15) is 9.65 Å². The molecule has 0 fully saturated rings. The number of aromatic nitrogens is 3. The van der Waals surface area contributed by atoms with Crippen LogP contribution >= 0.6 is 0 Å². The van der Waals surface area contributed by atoms with Crippen molar-refractivity contribution in [3.63, 3.8) is 0 Å². The second-order valence-electron chi connectivity index (χ2n) is 6.26. The molecule has 0 unspecified atom stereocenters. The van der Waals surface area contributed by atoms with Gasteiger partial charge >= 0.3 is 0 Å². The van der Waals surface area contributed by atoms with Gasteiger partial charge in [-0.2, -0.15) is 10.4 Å². The van der Waals surface area contributed by atoms with E-state index in [0.29, 0.717) is 28.7 Å². The Morgan fingerprint density at radius 3 is 2.78 bits per heavy atom. The molecule has 0 saturated carbocycles. The SMILES string of the molecule is Cc1cc(F)cc2c(NCc3cnn(-c4ccccc4)c3)c(C#N)cnc12. The number of para-hydroxylation sites is 1. The van der Waals surface area contributed by atoms with Crippen LogP contribution in [0.4, 0.5) is 10.1 Å². The van der Waals surface area contributed by atoms with Crippen molar-refractivity contribution in [1.82, 2.24) is 14.8 Å². The molecular formula is C21H16FN5. The fourth-order valence-electron chi connectivity index (χ4n) is 3.08. The van der Waals surface area contributed by atoms with Crippen LogP contribution in [0.1, 0.15) is 16.7 Å². The van der Waals surface area contributed by atoms with Crippen LogP contribution in [0, 0.1) is 24.1 Å². The van der Waals surface area contributed by atoms with E-state index in [1.54, 1.807) is 17.8 Å². The summed E-state index contributed by atoms with van der Waals surface area (Å²) < 4.78 is 15.7. The maximum Gasteiger partial charge on any atom is 0.124 e. The van der Waals surface area contributed by atoms with Crippen LogP contribution in [0.25, 0.3) is 16.6 Å². The number of pyridine rings is 1. The molecule has 27 heavy (non-hydrogen) atoms. The molecule has 0 aliphatic heterocycles. The van der Waals surface area contributed by atoms with Crippen molar-refractivity contribution < 1.29 is 4.39 Å². The Bertz CT molecular complexity index is 1160. The molecule has 4 aromatic rings. The minimum absolute atomic E-state index is 0.350. The number of hydrogen-bond donors (Lipinski definition) is 1. The summed E-state index contributed by atoms with van der Waals surface area (Å²) in [5, 5.41) is 17.7. The lowest BCUT2D eigenvalue weighted by Crippen LogP contribution is -2.03. The summed E-state index contributed by atoms with van der Waals surface area (Å²) in [6, 6.07) is 14.8. The lowest BCUT2D eigenvalue weighted by Gasteiger charge is -2.12. The quantitative estimate of drug-likeness (QED) is 0.590. The number of nitrogens with zero attached hydrogens (tertiary/aromatic N) is 4. The van der Waals surface area contributed by atoms with E-state index in [-0.39, 0.29) is 5.82 Å². The molecule has 2 aromatic heterocycles. The Balaban J connectivity index is 1.66. The zero-order valence-electron chi connectivity index (χ0n) is 14.6. The first kappa shape index (κ1) is 16.7. The standard InChI is InChI=1S/C21H16FN5/c1-14-7-17(22)8-19-20(14)25-12-16(9-23)21(19)24-10-15-11-26-27(13-15)18-5-3-2-4-6-18/h2-8,11-13H,10H2,1H3,(H,24,25). The summed E-state index contributed by atoms with van der Waals surface area (Å²) in [6.07, 6.45) is 5.20. The van der Waals surface area contributed by atoms with E-state index in [1.807, 2.05) is 36.5 Å². The highest BCUT2D eigenvalue weighted by molar-refractivity contribution is 5.95. The number of benzene rings is 2. The number of rotatable bonds is 4. The van der Waals surface area contributed by atoms with Crippen molar-refractivity contribution >= 4 is 16.6 Å². The first-order valence-corrected chi connectivity index (χ1v) is 8.47. The predicted molar refractivity (Wildman–Crippen MR) is 102 cm³/mol. The average Bonchev–Trinajstić information content (AvgIpc) is 3.15. The highest BCUT2D eigenvalue weighted by Gasteiger charge is 2.12. The van der Waals surface area contributed by atoms with Crippen LogP contribution in [0.3, 0.4) is 0 Å². The van der Waals surface area contributed by atoms with Crippen molar-refractivity contribution in [2.45, 2.75) is 13.5 Å². The van der Waals surface area contributed by atoms with Gasteiger partial charge in [-0.05, 0) is 36.8 Å². The summed E-state index contributed by atoms with van der Waals surface area (Å²) in [4.78, 5) is 4.31. The number of aryl methyl sites for hydroxylation is 1. The van der Waals surface area contributed by atoms with Gasteiger partial charge in [-0.3, -0.25) is 4.98 Å². The molecule has 0 bridgehead atoms. The van der Waals surface area contributed by atoms with E-state index < -0.39 is 0 Å². The predicted octanol–water partition coefficient (Wildman–Crippen LogP) is 4.35. The molecule has 0 aliphatic carbocycles. The van der Waals surface area contributed by atoms with Crippen molar-refractivity contribution in [2.75, 3.05) is 5.32 Å². The number of halogens is 1. The average molecular weight is 357 g/mol. The maximum absolute atomic E-state index is 13.9. The number of fused-ring (bicyclic) bond motifs is 1. The van der Waals surface area contributed by atoms with Crippen LogP contribution in [0.5, 0.6) is 0 Å². The van der Waals surface area contributed by atoms with E-state index in [1.165, 1.54) is 18.3 Å². The van der Waals surface area contributed by atoms with Crippen LogP contribution in [0.15, 0.2) is 61.1 Å². The molecule has 0 amide bonds. The van der Waals surface area contributed by atoms with Gasteiger partial charge in [-0.15, -0.1) is 0 Å². The van der Waals surface area contributed by atoms with Crippen LogP contribution in [0.2, 0.25) is 0 Å². The van der Waals surface area contributed by atoms with Gasteiger partial charge in [-0.25, -0.2) is 9.07 Å². The molecule has 0 radical (unpaired) electrons. The Morgan fingerprint density at radius 2 is 2.00 bits per heavy atom. The van der Waals surface area contributed by atoms with Crippen LogP contribution in [-0.2, 0) is 6.54 Å². The Kier molecular flexibility index (Phi) is 4.27. The fourth-order valence-corrected chi connectivity index (χ4v) is 3.08. The second kappa shape index (κ2) is 6.89. The van der Waals surface area contributed by atoms with Gasteiger partial charge in [0.1, 0.15) is 11.9 Å². The van der Waals surface area contributed by atoms with Gasteiger partial charge in [0, 0.05) is 29.9 Å². The molecule has 0 aliphatic rings. The van der Waals surface area contributed by atoms with Gasteiger partial charge in [0.25, 0.3) is 0 Å². The Labute approximate surface area is 155 Å². The highest BCUT2D eigenvalue weighted by atomic mass is 19.1. The first-order valence-electron chi connectivity index (χ1n) is 8.47. The Morgan fingerprint density at radius 1 is 1.19 bits per heavy atom. The Hall–Kier alpha value is -3.72. The van der Waals surface area contributed by atoms with Crippen LogP contribution in [-0.4, -0.2) is 14.8 Å². The first-order chi connectivity index (χ1) is 13.2. The van der Waals surface area contributed by atoms with E-state index in [2.05, 4.69) is 21.5 Å². The molecule has 2 heterocycles. The molecule has 5 nitrogen and oxygen atoms in total. The molecule has 0 spiro atoms. The minimum Gasteiger partial charge on any atom is -0.379 e. The molecule has 2 aromatic carbocycles. The molecule has 6 heteroatoms. The normalized spacial score (nSPS) is 10.7. The molecule has 1 N–H and O–H groups in total. The van der Waals surface area contributed by atoms with E-state index >= 15 is 0 Å². The third kappa shape index (κ3) is 3.23. The molecule has 0 atom stereocenters. The molecule has 4 rings (SSSR count). The summed E-state index contributed by atoms with van der Waals surface area (Å²) in [5.41, 5.74) is 4.28. The number of hydrogen-bond acceptors (Lipinski definition) is 4. The smallest absolute Gasteiger partial charge is 0.124 e. The maximum atomic E-state index is 13.9. The summed E-state index contributed by atoms with van der Waals surface area (Å²) in [6.45, 7) is 2.26. The minimum atomic E-state index is -0.350. The lowest BCUT2D eigenvalue weighted by atomic mass is 10.1. The zero-order chi connectivity index (χ0) is 18.8. The summed E-state index contributed by atoms with van der Waals surface area (Å²) in [7, 11) is 0. The zero-order valence-corrected chi connectivity index (χ0v) is 14.6. The van der Waals surface area contributed by atoms with Gasteiger partial charge < -0.3 is 5.32 Å². The van der Waals surface area contributed by atoms with E-state index in [0.717, 1.165) is 16.8 Å². The molecule has 132 valence electrons. The van der Waals surface area contributed by atoms with Crippen molar-refractivity contribution in [3.8, 4) is 11.8 Å².